The summed E-state index contributed by atoms with van der Waals surface area (Å²) in [7, 11) is 0. The summed E-state index contributed by atoms with van der Waals surface area (Å²) in [4.78, 5) is 29.1. The van der Waals surface area contributed by atoms with Gasteiger partial charge in [-0.1, -0.05) is 72.8 Å². The highest BCUT2D eigenvalue weighted by Crippen LogP contribution is 2.25. The first-order chi connectivity index (χ1) is 17.8. The minimum Gasteiger partial charge on any atom is -0.462 e. The molecule has 0 spiro atoms. The molecule has 3 aromatic heterocycles. The predicted octanol–water partition coefficient (Wildman–Crippen LogP) is 5.12. The molecule has 6 aromatic rings. The van der Waals surface area contributed by atoms with E-state index in [0.29, 0.717) is 41.3 Å². The van der Waals surface area contributed by atoms with Crippen molar-refractivity contribution in [1.29, 1.82) is 0 Å². The van der Waals surface area contributed by atoms with Crippen molar-refractivity contribution in [1.82, 2.24) is 29.5 Å². The molecule has 6 rings (SSSR count). The zero-order chi connectivity index (χ0) is 24.3. The van der Waals surface area contributed by atoms with Crippen molar-refractivity contribution in [2.75, 3.05) is 6.61 Å². The van der Waals surface area contributed by atoms with Gasteiger partial charge in [0.2, 0.25) is 0 Å². The molecular weight excluding hydrogens is 452 g/mol. The SMILES string of the molecule is O=C(OCCCc1nc2nc[nH]c2c2nc(-c3ccc(-c4ccccc4)cc3)nn12)c1ccccc1. The lowest BCUT2D eigenvalue weighted by atomic mass is 10.0. The maximum Gasteiger partial charge on any atom is 0.338 e. The van der Waals surface area contributed by atoms with Crippen LogP contribution in [0.4, 0.5) is 0 Å². The zero-order valence-corrected chi connectivity index (χ0v) is 19.3. The molecule has 8 nitrogen and oxygen atoms in total. The summed E-state index contributed by atoms with van der Waals surface area (Å²) in [5, 5.41) is 4.76. The number of aromatic nitrogens is 6. The number of carbonyl (C=O) groups is 1. The van der Waals surface area contributed by atoms with Gasteiger partial charge < -0.3 is 9.72 Å². The topological polar surface area (TPSA) is 98.1 Å². The first kappa shape index (κ1) is 21.7. The smallest absolute Gasteiger partial charge is 0.338 e. The van der Waals surface area contributed by atoms with Gasteiger partial charge >= 0.3 is 5.97 Å². The molecule has 3 heterocycles. The molecule has 0 saturated carbocycles. The number of imidazole rings is 1. The fraction of sp³-hybridized carbons (Fsp3) is 0.107. The molecule has 8 heteroatoms. The Labute approximate surface area is 206 Å². The number of carbonyl (C=O) groups excluding carboxylic acids is 1. The molecule has 0 fully saturated rings. The standard InChI is InChI=1S/C28H22N6O2/c35-28(22-10-5-2-6-11-22)36-17-7-12-23-31-26-24(29-18-30-26)27-32-25(33-34(23)27)21-15-13-20(14-16-21)19-8-3-1-4-9-19/h1-6,8-11,13-16,18H,7,12,17H2,(H,29,30). The van der Waals surface area contributed by atoms with Crippen LogP contribution in [0.15, 0.2) is 91.3 Å². The highest BCUT2D eigenvalue weighted by Gasteiger charge is 2.16. The van der Waals surface area contributed by atoms with Crippen LogP contribution in [-0.2, 0) is 11.2 Å². The van der Waals surface area contributed by atoms with Gasteiger partial charge in [-0.3, -0.25) is 0 Å². The number of hydrogen-bond donors (Lipinski definition) is 1. The van der Waals surface area contributed by atoms with Gasteiger partial charge in [0.05, 0.1) is 18.5 Å². The molecule has 0 saturated heterocycles. The van der Waals surface area contributed by atoms with E-state index in [-0.39, 0.29) is 12.6 Å². The fourth-order valence-electron chi connectivity index (χ4n) is 4.14. The maximum absolute atomic E-state index is 12.2. The monoisotopic (exact) mass is 474 g/mol. The van der Waals surface area contributed by atoms with Gasteiger partial charge in [0.1, 0.15) is 11.3 Å². The summed E-state index contributed by atoms with van der Waals surface area (Å²) < 4.78 is 7.17. The lowest BCUT2D eigenvalue weighted by Gasteiger charge is -2.06. The van der Waals surface area contributed by atoms with Gasteiger partial charge in [0.15, 0.2) is 17.1 Å². The molecule has 36 heavy (non-hydrogen) atoms. The van der Waals surface area contributed by atoms with Crippen LogP contribution in [0.5, 0.6) is 0 Å². The third-order valence-corrected chi connectivity index (χ3v) is 5.97. The van der Waals surface area contributed by atoms with Crippen molar-refractivity contribution >= 4 is 22.8 Å². The minimum atomic E-state index is -0.335. The average Bonchev–Trinajstić information content (AvgIpc) is 3.59. The molecule has 1 N–H and O–H groups in total. The average molecular weight is 475 g/mol. The van der Waals surface area contributed by atoms with Crippen molar-refractivity contribution < 1.29 is 9.53 Å². The Balaban J connectivity index is 1.24. The Morgan fingerprint density at radius 2 is 1.53 bits per heavy atom. The normalized spacial score (nSPS) is 11.2. The second-order valence-electron chi connectivity index (χ2n) is 8.35. The highest BCUT2D eigenvalue weighted by molar-refractivity contribution is 5.89. The van der Waals surface area contributed by atoms with Gasteiger partial charge in [-0.25, -0.2) is 19.7 Å². The molecule has 0 aliphatic carbocycles. The van der Waals surface area contributed by atoms with Crippen molar-refractivity contribution in [3.63, 3.8) is 0 Å². The number of benzene rings is 3. The first-order valence-electron chi connectivity index (χ1n) is 11.7. The highest BCUT2D eigenvalue weighted by atomic mass is 16.5. The Kier molecular flexibility index (Phi) is 5.67. The number of nitrogens with zero attached hydrogens (tertiary/aromatic N) is 5. The third-order valence-electron chi connectivity index (χ3n) is 5.97. The summed E-state index contributed by atoms with van der Waals surface area (Å²) >= 11 is 0. The van der Waals surface area contributed by atoms with Gasteiger partial charge in [-0.2, -0.15) is 4.52 Å². The van der Waals surface area contributed by atoms with E-state index in [4.69, 9.17) is 14.8 Å². The Hall–Kier alpha value is -4.85. The second kappa shape index (κ2) is 9.42. The van der Waals surface area contributed by atoms with E-state index in [1.54, 1.807) is 23.0 Å². The molecular formula is C28H22N6O2. The number of ether oxygens (including phenoxy) is 1. The quantitative estimate of drug-likeness (QED) is 0.255. The maximum atomic E-state index is 12.2. The van der Waals surface area contributed by atoms with Gasteiger partial charge in [-0.05, 0) is 29.7 Å². The molecule has 0 bridgehead atoms. The number of rotatable bonds is 7. The van der Waals surface area contributed by atoms with Crippen LogP contribution in [0.25, 0.3) is 39.3 Å². The number of nitrogens with one attached hydrogen (secondary N) is 1. The molecule has 0 unspecified atom stereocenters. The van der Waals surface area contributed by atoms with E-state index in [0.717, 1.165) is 22.2 Å². The van der Waals surface area contributed by atoms with Crippen LogP contribution in [0.2, 0.25) is 0 Å². The third kappa shape index (κ3) is 4.20. The van der Waals surface area contributed by atoms with E-state index in [2.05, 4.69) is 39.2 Å². The predicted molar refractivity (Wildman–Crippen MR) is 136 cm³/mol. The summed E-state index contributed by atoms with van der Waals surface area (Å²) in [5.74, 6) is 0.980. The van der Waals surface area contributed by atoms with Crippen molar-refractivity contribution in [2.45, 2.75) is 12.8 Å². The molecule has 3 aromatic carbocycles. The molecule has 176 valence electrons. The van der Waals surface area contributed by atoms with E-state index in [1.807, 2.05) is 48.5 Å². The number of hydrogen-bond acceptors (Lipinski definition) is 6. The lowest BCUT2D eigenvalue weighted by Crippen LogP contribution is -2.09. The molecule has 0 aliphatic rings. The van der Waals surface area contributed by atoms with Crippen molar-refractivity contribution in [2.24, 2.45) is 0 Å². The summed E-state index contributed by atoms with van der Waals surface area (Å²) in [5.41, 5.74) is 5.71. The van der Waals surface area contributed by atoms with Crippen LogP contribution in [0.3, 0.4) is 0 Å². The lowest BCUT2D eigenvalue weighted by molar-refractivity contribution is 0.0500. The van der Waals surface area contributed by atoms with Crippen molar-refractivity contribution in [3.05, 3.63) is 103 Å². The van der Waals surface area contributed by atoms with E-state index >= 15 is 0 Å². The van der Waals surface area contributed by atoms with E-state index in [1.165, 1.54) is 0 Å². The van der Waals surface area contributed by atoms with Crippen LogP contribution >= 0.6 is 0 Å². The van der Waals surface area contributed by atoms with Gasteiger partial charge in [0.25, 0.3) is 0 Å². The van der Waals surface area contributed by atoms with Crippen molar-refractivity contribution in [3.8, 4) is 22.5 Å². The molecule has 0 atom stereocenters. The Morgan fingerprint density at radius 3 is 2.31 bits per heavy atom. The Bertz CT molecular complexity index is 1640. The minimum absolute atomic E-state index is 0.276. The van der Waals surface area contributed by atoms with Crippen LogP contribution in [0, 0.1) is 0 Å². The number of aromatic amines is 1. The molecule has 0 aliphatic heterocycles. The van der Waals surface area contributed by atoms with E-state index in [9.17, 15) is 4.79 Å². The summed E-state index contributed by atoms with van der Waals surface area (Å²) in [6.07, 6.45) is 2.75. The number of H-pyrrole nitrogens is 1. The number of fused-ring (bicyclic) bond motifs is 3. The van der Waals surface area contributed by atoms with E-state index < -0.39 is 0 Å². The van der Waals surface area contributed by atoms with Gasteiger partial charge in [0, 0.05) is 12.0 Å². The van der Waals surface area contributed by atoms with Crippen LogP contribution in [-0.4, -0.2) is 42.1 Å². The second-order valence-corrected chi connectivity index (χ2v) is 8.35. The zero-order valence-electron chi connectivity index (χ0n) is 19.3. The van der Waals surface area contributed by atoms with Crippen LogP contribution in [0.1, 0.15) is 22.6 Å². The van der Waals surface area contributed by atoms with Crippen LogP contribution < -0.4 is 0 Å². The molecule has 0 amide bonds. The molecule has 0 radical (unpaired) electrons. The fourth-order valence-corrected chi connectivity index (χ4v) is 4.14. The summed E-state index contributed by atoms with van der Waals surface area (Å²) in [6.45, 7) is 0.276. The Morgan fingerprint density at radius 1 is 0.833 bits per heavy atom. The number of esters is 1. The van der Waals surface area contributed by atoms with Gasteiger partial charge in [-0.15, -0.1) is 5.10 Å². The summed E-state index contributed by atoms with van der Waals surface area (Å²) in [6, 6.07) is 27.4. The first-order valence-corrected chi connectivity index (χ1v) is 11.7. The number of aryl methyl sites for hydroxylation is 1. The largest absolute Gasteiger partial charge is 0.462 e.